The molecule has 84 heavy (non-hydrogen) atoms. The average molecular weight is 1140 g/mol. The number of allylic oxidation sites excluding steroid dienone is 8. The molecule has 11 aromatic rings. The van der Waals surface area contributed by atoms with Gasteiger partial charge < -0.3 is 0 Å². The van der Waals surface area contributed by atoms with E-state index in [0.29, 0.717) is 0 Å². The van der Waals surface area contributed by atoms with Gasteiger partial charge in [-0.15, -0.1) is 0 Å². The molecule has 0 heterocycles. The Morgan fingerprint density at radius 2 is 0.798 bits per heavy atom. The van der Waals surface area contributed by atoms with Gasteiger partial charge in [0, 0.05) is 26.5 Å². The second-order valence-corrected chi connectivity index (χ2v) is 30.4. The van der Waals surface area contributed by atoms with E-state index in [1.54, 1.807) is 0 Å². The van der Waals surface area contributed by atoms with E-state index in [-0.39, 0.29) is 0 Å². The van der Waals surface area contributed by atoms with E-state index in [1.165, 1.54) is 47.8 Å². The summed E-state index contributed by atoms with van der Waals surface area (Å²) in [4.78, 5) is 0. The number of nitrogens with zero attached hydrogens (tertiary/aromatic N) is 2. The standard InChI is InChI=1S/C78H67N3P3/c1-3-4-29-61(2)82(71-30-13-5-14-31-71,72-32-15-6-16-33-72)79-68-56-54-65(55-57-68)64-48-46-62(47-49-64)63-50-52-66(53-51-63)67-58-69(80-83(73-34-17-7-18-35-73,74-36-19-8-20-37-74)75-38-21-9-22-39-75)60-70(59-67)81-84(76-40-23-10-24-41-76,77-42-25-11-26-43-77)78-44-27-12-28-45-78/h3-11,13-27,29-60,81H,12,28H2,1-2H3/q+1/b4-3-,61-29+. The first-order valence-corrected chi connectivity index (χ1v) is 34.2. The summed E-state index contributed by atoms with van der Waals surface area (Å²) in [5, 5.41) is 15.6. The van der Waals surface area contributed by atoms with Gasteiger partial charge in [-0.25, -0.2) is 5.09 Å². The molecule has 11 aromatic carbocycles. The Hall–Kier alpha value is -8.93. The normalized spacial score (nSPS) is 12.8. The predicted octanol–water partition coefficient (Wildman–Crippen LogP) is 19.7. The molecule has 0 saturated carbocycles. The molecular weight excluding hydrogens is 1070 g/mol. The molecule has 1 N–H and O–H groups in total. The highest BCUT2D eigenvalue weighted by Crippen LogP contribution is 2.64. The zero-order chi connectivity index (χ0) is 57.0. The van der Waals surface area contributed by atoms with E-state index in [1.807, 2.05) is 0 Å². The van der Waals surface area contributed by atoms with E-state index in [4.69, 9.17) is 9.49 Å². The van der Waals surface area contributed by atoms with Crippen LogP contribution in [0.4, 0.5) is 17.1 Å². The lowest BCUT2D eigenvalue weighted by atomic mass is 9.97. The summed E-state index contributed by atoms with van der Waals surface area (Å²) in [5.41, 5.74) is 9.71. The molecule has 12 rings (SSSR count). The van der Waals surface area contributed by atoms with Gasteiger partial charge in [0.15, 0.2) is 7.41 Å². The van der Waals surface area contributed by atoms with Crippen LogP contribution in [0.5, 0.6) is 0 Å². The van der Waals surface area contributed by atoms with Crippen LogP contribution in [0.2, 0.25) is 0 Å². The number of hydrogen-bond acceptors (Lipinski definition) is 3. The van der Waals surface area contributed by atoms with Crippen LogP contribution in [0.25, 0.3) is 33.4 Å². The monoisotopic (exact) mass is 1140 g/mol. The predicted molar refractivity (Wildman–Crippen MR) is 369 cm³/mol. The highest BCUT2D eigenvalue weighted by molar-refractivity contribution is 7.94. The molecule has 0 fully saturated rings. The SMILES string of the molecule is C/C=C\C=C(/C)P(=Nc1ccc(-c2ccc(-c3ccc(-c4cc(N=P(c5ccccc5)(c5ccccc5)c5ccccc5)cc(N[P+](C5=CCCC=C5)(c5ccccc5)c5ccccc5)c4)cc3)cc2)cc1)(c1ccccc1)c1ccccc1. The van der Waals surface area contributed by atoms with Crippen molar-refractivity contribution in [3.05, 3.63) is 350 Å². The molecule has 0 amide bonds. The third-order valence-corrected chi connectivity index (χ3v) is 27.0. The fraction of sp³-hybridized carbons (Fsp3) is 0.0513. The number of anilines is 1. The molecule has 0 aromatic heterocycles. The number of hydrogen-bond donors (Lipinski definition) is 1. The first kappa shape index (κ1) is 55.6. The van der Waals surface area contributed by atoms with Gasteiger partial charge in [0.05, 0.1) is 31.2 Å². The Labute approximate surface area is 497 Å². The van der Waals surface area contributed by atoms with Gasteiger partial charge in [-0.05, 0) is 132 Å². The average Bonchev–Trinajstić information content (AvgIpc) is 2.00. The maximum Gasteiger partial charge on any atom is 0.199 e. The van der Waals surface area contributed by atoms with Crippen LogP contribution in [0.1, 0.15) is 26.7 Å². The topological polar surface area (TPSA) is 36.8 Å². The van der Waals surface area contributed by atoms with Crippen LogP contribution in [0.15, 0.2) is 360 Å². The summed E-state index contributed by atoms with van der Waals surface area (Å²) >= 11 is 0. The highest BCUT2D eigenvalue weighted by Gasteiger charge is 2.47. The van der Waals surface area contributed by atoms with Gasteiger partial charge in [-0.3, -0.25) is 9.49 Å². The molecule has 0 radical (unpaired) electrons. The van der Waals surface area contributed by atoms with E-state index in [0.717, 1.165) is 63.3 Å². The third kappa shape index (κ3) is 11.4. The number of benzene rings is 11. The molecule has 0 unspecified atom stereocenters. The summed E-state index contributed by atoms with van der Waals surface area (Å²) < 4.78 is 11.9. The zero-order valence-corrected chi connectivity index (χ0v) is 50.2. The molecule has 0 saturated heterocycles. The minimum absolute atomic E-state index is 0.915. The smallest absolute Gasteiger partial charge is 0.199 e. The minimum Gasteiger partial charge on any atom is -0.254 e. The van der Waals surface area contributed by atoms with Crippen LogP contribution >= 0.6 is 21.5 Å². The van der Waals surface area contributed by atoms with Crippen LogP contribution in [-0.4, -0.2) is 0 Å². The van der Waals surface area contributed by atoms with E-state index >= 15 is 0 Å². The minimum atomic E-state index is -2.64. The molecule has 0 bridgehead atoms. The lowest BCUT2D eigenvalue weighted by Crippen LogP contribution is -2.29. The maximum absolute atomic E-state index is 6.14. The molecule has 3 nitrogen and oxygen atoms in total. The first-order valence-electron chi connectivity index (χ1n) is 28.9. The molecular formula is C78H67N3P3+. The van der Waals surface area contributed by atoms with Gasteiger partial charge in [0.1, 0.15) is 15.9 Å². The quantitative estimate of drug-likeness (QED) is 0.0716. The molecule has 0 atom stereocenters. The lowest BCUT2D eigenvalue weighted by molar-refractivity contribution is 1.03. The van der Waals surface area contributed by atoms with Crippen molar-refractivity contribution in [2.45, 2.75) is 26.7 Å². The molecule has 408 valence electrons. The Morgan fingerprint density at radius 3 is 1.20 bits per heavy atom. The molecule has 0 spiro atoms. The van der Waals surface area contributed by atoms with Crippen molar-refractivity contribution in [1.29, 1.82) is 0 Å². The Bertz CT molecular complexity index is 4050. The second kappa shape index (κ2) is 25.7. The van der Waals surface area contributed by atoms with Crippen LogP contribution in [-0.2, 0) is 0 Å². The van der Waals surface area contributed by atoms with Gasteiger partial charge in [-0.2, -0.15) is 0 Å². The van der Waals surface area contributed by atoms with Crippen molar-refractivity contribution in [2.75, 3.05) is 5.09 Å². The van der Waals surface area contributed by atoms with Gasteiger partial charge in [0.2, 0.25) is 0 Å². The Kier molecular flexibility index (Phi) is 17.0. The van der Waals surface area contributed by atoms with Crippen molar-refractivity contribution < 1.29 is 0 Å². The van der Waals surface area contributed by atoms with E-state index in [9.17, 15) is 0 Å². The summed E-state index contributed by atoms with van der Waals surface area (Å²) in [5.74, 6) is 0. The summed E-state index contributed by atoms with van der Waals surface area (Å²) in [6.07, 6.45) is 15.6. The Balaban J connectivity index is 0.943. The van der Waals surface area contributed by atoms with E-state index in [2.05, 4.69) is 359 Å². The molecule has 1 aliphatic rings. The molecule has 1 aliphatic carbocycles. The van der Waals surface area contributed by atoms with Crippen molar-refractivity contribution in [2.24, 2.45) is 9.49 Å². The van der Waals surface area contributed by atoms with E-state index < -0.39 is 21.5 Å². The largest absolute Gasteiger partial charge is 0.254 e. The van der Waals surface area contributed by atoms with Gasteiger partial charge in [0.25, 0.3) is 0 Å². The summed E-state index contributed by atoms with van der Waals surface area (Å²) in [6, 6.07) is 110. The van der Waals surface area contributed by atoms with Crippen LogP contribution in [0, 0.1) is 0 Å². The Morgan fingerprint density at radius 1 is 0.405 bits per heavy atom. The van der Waals surface area contributed by atoms with Crippen molar-refractivity contribution in [1.82, 2.24) is 0 Å². The summed E-state index contributed by atoms with van der Waals surface area (Å²) in [6.45, 7) is 4.30. The van der Waals surface area contributed by atoms with Crippen molar-refractivity contribution in [3.63, 3.8) is 0 Å². The fourth-order valence-electron chi connectivity index (χ4n) is 11.6. The molecule has 6 heteroatoms. The van der Waals surface area contributed by atoms with Crippen molar-refractivity contribution >= 4 is 75.7 Å². The van der Waals surface area contributed by atoms with Crippen molar-refractivity contribution in [3.8, 4) is 33.4 Å². The van der Waals surface area contributed by atoms with Crippen LogP contribution < -0.4 is 42.2 Å². The van der Waals surface area contributed by atoms with Gasteiger partial charge >= 0.3 is 0 Å². The first-order chi connectivity index (χ1) is 41.5. The maximum atomic E-state index is 6.14. The number of rotatable bonds is 17. The van der Waals surface area contributed by atoms with Crippen LogP contribution in [0.3, 0.4) is 0 Å². The highest BCUT2D eigenvalue weighted by atomic mass is 31.2. The second-order valence-electron chi connectivity index (χ2n) is 21.0. The third-order valence-electron chi connectivity index (χ3n) is 15.7. The zero-order valence-electron chi connectivity index (χ0n) is 47.5. The van der Waals surface area contributed by atoms with Gasteiger partial charge in [-0.1, -0.05) is 273 Å². The lowest BCUT2D eigenvalue weighted by Gasteiger charge is -2.30. The summed E-state index contributed by atoms with van der Waals surface area (Å²) in [7, 11) is -7.48. The number of nitrogens with one attached hydrogen (secondary N) is 1. The molecule has 0 aliphatic heterocycles. The fourth-order valence-corrected chi connectivity index (χ4v) is 22.4.